The van der Waals surface area contributed by atoms with Crippen molar-refractivity contribution in [3.63, 3.8) is 0 Å². The highest BCUT2D eigenvalue weighted by Gasteiger charge is 2.36. The monoisotopic (exact) mass is 573 g/mol. The van der Waals surface area contributed by atoms with E-state index in [0.717, 1.165) is 85.7 Å². The van der Waals surface area contributed by atoms with Crippen LogP contribution in [-0.4, -0.2) is 71.0 Å². The summed E-state index contributed by atoms with van der Waals surface area (Å²) in [5, 5.41) is 9.77. The van der Waals surface area contributed by atoms with Crippen molar-refractivity contribution in [2.45, 2.75) is 57.6 Å². The Kier molecular flexibility index (Phi) is 6.84. The van der Waals surface area contributed by atoms with Gasteiger partial charge in [0.1, 0.15) is 5.82 Å². The van der Waals surface area contributed by atoms with E-state index in [9.17, 15) is 4.79 Å². The van der Waals surface area contributed by atoms with Crippen LogP contribution in [-0.2, 0) is 4.79 Å². The van der Waals surface area contributed by atoms with Gasteiger partial charge >= 0.3 is 0 Å². The van der Waals surface area contributed by atoms with E-state index in [1.54, 1.807) is 0 Å². The lowest BCUT2D eigenvalue weighted by molar-refractivity contribution is -0.136. The normalized spacial score (nSPS) is 24.6. The number of carbonyl (C=O) groups is 1. The van der Waals surface area contributed by atoms with Crippen LogP contribution in [0.2, 0.25) is 0 Å². The number of rotatable bonds is 3. The summed E-state index contributed by atoms with van der Waals surface area (Å²) in [6.45, 7) is 8.58. The predicted molar refractivity (Wildman–Crippen MR) is 164 cm³/mol. The first-order valence-corrected chi connectivity index (χ1v) is 15.9. The zero-order chi connectivity index (χ0) is 28.1. The lowest BCUT2D eigenvalue weighted by Crippen LogP contribution is -2.49. The SMILES string of the molecule is Cc1c2ccnc1N1CCCC(C1)C(=O)N(C)CC1(C)CCN(CC1)c1cc(NSC3CC3)ccc1-c1nnc-2o1. The third kappa shape index (κ3) is 5.27. The number of benzene rings is 1. The van der Waals surface area contributed by atoms with Gasteiger partial charge in [0.2, 0.25) is 17.7 Å². The molecular formula is C31H39N7O2S. The van der Waals surface area contributed by atoms with Crippen molar-refractivity contribution in [1.82, 2.24) is 20.1 Å². The second-order valence-corrected chi connectivity index (χ2v) is 13.8. The number of aromatic nitrogens is 3. The molecule has 2 aromatic heterocycles. The second-order valence-electron chi connectivity index (χ2n) is 12.6. The Bertz CT molecular complexity index is 1450. The second kappa shape index (κ2) is 10.5. The van der Waals surface area contributed by atoms with E-state index in [4.69, 9.17) is 9.40 Å². The predicted octanol–water partition coefficient (Wildman–Crippen LogP) is 5.62. The maximum atomic E-state index is 13.7. The Morgan fingerprint density at radius 3 is 2.59 bits per heavy atom. The molecule has 3 fully saturated rings. The Hall–Kier alpha value is -3.27. The van der Waals surface area contributed by atoms with Crippen molar-refractivity contribution >= 4 is 35.0 Å². The first-order chi connectivity index (χ1) is 19.9. The molecule has 8 rings (SSSR count). The van der Waals surface area contributed by atoms with Gasteiger partial charge in [-0.25, -0.2) is 4.98 Å². The topological polar surface area (TPSA) is 90.6 Å². The largest absolute Gasteiger partial charge is 0.416 e. The maximum absolute atomic E-state index is 13.7. The van der Waals surface area contributed by atoms with Crippen molar-refractivity contribution in [2.24, 2.45) is 11.3 Å². The highest BCUT2D eigenvalue weighted by molar-refractivity contribution is 8.01. The minimum absolute atomic E-state index is 0.0255. The van der Waals surface area contributed by atoms with Gasteiger partial charge in [0.25, 0.3) is 0 Å². The fourth-order valence-electron chi connectivity index (χ4n) is 6.67. The van der Waals surface area contributed by atoms with Gasteiger partial charge < -0.3 is 23.8 Å². The molecule has 1 saturated carbocycles. The van der Waals surface area contributed by atoms with Gasteiger partial charge in [-0.3, -0.25) is 4.79 Å². The number of carbonyl (C=O) groups excluding carboxylic acids is 1. The molecule has 216 valence electrons. The van der Waals surface area contributed by atoms with Crippen LogP contribution in [0.5, 0.6) is 0 Å². The van der Waals surface area contributed by atoms with Gasteiger partial charge in [-0.15, -0.1) is 10.2 Å². The van der Waals surface area contributed by atoms with Crippen LogP contribution in [0.4, 0.5) is 17.2 Å². The summed E-state index contributed by atoms with van der Waals surface area (Å²) < 4.78 is 9.97. The fourth-order valence-corrected chi connectivity index (χ4v) is 7.47. The van der Waals surface area contributed by atoms with Gasteiger partial charge in [-0.05, 0) is 87.1 Å². The first-order valence-electron chi connectivity index (χ1n) is 15.0. The molecule has 0 radical (unpaired) electrons. The van der Waals surface area contributed by atoms with E-state index in [1.807, 2.05) is 36.2 Å². The van der Waals surface area contributed by atoms with E-state index in [1.165, 1.54) is 12.8 Å². The third-order valence-corrected chi connectivity index (χ3v) is 10.5. The van der Waals surface area contributed by atoms with E-state index in [2.05, 4.69) is 56.8 Å². The Morgan fingerprint density at radius 1 is 1.02 bits per heavy atom. The number of hydrogen-bond acceptors (Lipinski definition) is 9. The quantitative estimate of drug-likeness (QED) is 0.401. The van der Waals surface area contributed by atoms with Crippen LogP contribution in [0.1, 0.15) is 51.0 Å². The molecular weight excluding hydrogens is 534 g/mol. The highest BCUT2D eigenvalue weighted by Crippen LogP contribution is 2.42. The molecule has 0 spiro atoms. The molecule has 1 aromatic carbocycles. The maximum Gasteiger partial charge on any atom is 0.250 e. The van der Waals surface area contributed by atoms with Crippen molar-refractivity contribution in [3.8, 4) is 22.9 Å². The molecule has 1 unspecified atom stereocenters. The number of fused-ring (bicyclic) bond motifs is 4. The van der Waals surface area contributed by atoms with Crippen molar-refractivity contribution in [2.75, 3.05) is 54.3 Å². The van der Waals surface area contributed by atoms with E-state index < -0.39 is 0 Å². The Balaban J connectivity index is 1.30. The highest BCUT2D eigenvalue weighted by atomic mass is 32.2. The van der Waals surface area contributed by atoms with Crippen molar-refractivity contribution < 1.29 is 9.21 Å². The van der Waals surface area contributed by atoms with Gasteiger partial charge in [-0.1, -0.05) is 6.92 Å². The summed E-state index contributed by atoms with van der Waals surface area (Å²) in [6, 6.07) is 8.40. The molecule has 4 aliphatic heterocycles. The van der Waals surface area contributed by atoms with Gasteiger partial charge in [-0.2, -0.15) is 0 Å². The summed E-state index contributed by atoms with van der Waals surface area (Å²) in [5.74, 6) is 2.15. The Labute approximate surface area is 246 Å². The zero-order valence-electron chi connectivity index (χ0n) is 24.2. The molecule has 1 N–H and O–H groups in total. The first kappa shape index (κ1) is 26.6. The fraction of sp³-hybridized carbons (Fsp3) is 0.548. The summed E-state index contributed by atoms with van der Waals surface area (Å²) in [7, 11) is 2.00. The minimum atomic E-state index is -0.0255. The number of piperidine rings is 2. The van der Waals surface area contributed by atoms with Crippen LogP contribution < -0.4 is 14.5 Å². The smallest absolute Gasteiger partial charge is 0.250 e. The number of pyridine rings is 1. The molecule has 5 aliphatic rings. The van der Waals surface area contributed by atoms with Crippen LogP contribution in [0.25, 0.3) is 22.9 Å². The van der Waals surface area contributed by atoms with Gasteiger partial charge in [0.15, 0.2) is 0 Å². The average Bonchev–Trinajstić information content (AvgIpc) is 3.69. The summed E-state index contributed by atoms with van der Waals surface area (Å²) >= 11 is 1.81. The lowest BCUT2D eigenvalue weighted by Gasteiger charge is -2.43. The number of amides is 1. The molecule has 1 amide bonds. The van der Waals surface area contributed by atoms with Crippen molar-refractivity contribution in [1.29, 1.82) is 0 Å². The number of hydrogen-bond donors (Lipinski definition) is 1. The standard InChI is InChI=1S/C31H39N7O2S/c1-20-24-10-13-32-27(20)38-14-4-5-21(18-38)30(39)36(3)19-31(2)11-15-37(16-12-31)26-17-22(35-41-23-7-8-23)6-9-25(26)29-34-33-28(24)40-29/h6,9-10,13,17,21,23,35H,4-5,7-8,11-12,14-16,18-19H2,1-3H3. The molecule has 3 aromatic rings. The van der Waals surface area contributed by atoms with E-state index in [-0.39, 0.29) is 17.2 Å². The van der Waals surface area contributed by atoms with Crippen LogP contribution in [0, 0.1) is 18.3 Å². The summed E-state index contributed by atoms with van der Waals surface area (Å²) in [5.41, 5.74) is 5.11. The zero-order valence-corrected chi connectivity index (χ0v) is 25.0. The molecule has 2 saturated heterocycles. The number of nitrogens with zero attached hydrogens (tertiary/aromatic N) is 6. The Morgan fingerprint density at radius 2 is 1.80 bits per heavy atom. The molecule has 10 heteroatoms. The third-order valence-electron chi connectivity index (χ3n) is 9.31. The molecule has 9 nitrogen and oxygen atoms in total. The molecule has 6 heterocycles. The summed E-state index contributed by atoms with van der Waals surface area (Å²) in [6.07, 6.45) is 8.29. The van der Waals surface area contributed by atoms with Crippen LogP contribution >= 0.6 is 11.9 Å². The van der Waals surface area contributed by atoms with E-state index >= 15 is 0 Å². The molecule has 1 atom stereocenters. The van der Waals surface area contributed by atoms with Gasteiger partial charge in [0, 0.05) is 68.0 Å². The molecule has 41 heavy (non-hydrogen) atoms. The van der Waals surface area contributed by atoms with E-state index in [0.29, 0.717) is 23.6 Å². The van der Waals surface area contributed by atoms with Crippen LogP contribution in [0.15, 0.2) is 34.9 Å². The van der Waals surface area contributed by atoms with Crippen molar-refractivity contribution in [3.05, 3.63) is 36.0 Å². The molecule has 8 bridgehead atoms. The number of nitrogens with one attached hydrogen (secondary N) is 1. The molecule has 1 aliphatic carbocycles. The average molecular weight is 574 g/mol. The lowest BCUT2D eigenvalue weighted by atomic mass is 9.79. The van der Waals surface area contributed by atoms with Crippen LogP contribution in [0.3, 0.4) is 0 Å². The van der Waals surface area contributed by atoms with Gasteiger partial charge in [0.05, 0.1) is 17.2 Å². The summed E-state index contributed by atoms with van der Waals surface area (Å²) in [4.78, 5) is 25.2. The number of anilines is 3. The minimum Gasteiger partial charge on any atom is -0.416 e.